The third-order valence-electron chi connectivity index (χ3n) is 4.20. The first kappa shape index (κ1) is 19.9. The summed E-state index contributed by atoms with van der Waals surface area (Å²) in [5.74, 6) is 0.545. The molecule has 0 heterocycles. The summed E-state index contributed by atoms with van der Waals surface area (Å²) >= 11 is 0. The molecule has 1 aromatic carbocycles. The van der Waals surface area contributed by atoms with Gasteiger partial charge in [0.25, 0.3) is 0 Å². The molecule has 0 unspecified atom stereocenters. The van der Waals surface area contributed by atoms with Crippen molar-refractivity contribution in [1.82, 2.24) is 5.32 Å². The summed E-state index contributed by atoms with van der Waals surface area (Å²) in [5, 5.41) is 2.77. The van der Waals surface area contributed by atoms with Crippen LogP contribution in [-0.2, 0) is 9.59 Å². The van der Waals surface area contributed by atoms with Gasteiger partial charge in [0, 0.05) is 5.92 Å². The van der Waals surface area contributed by atoms with E-state index in [1.165, 1.54) is 12.5 Å². The number of ether oxygens (including phenoxy) is 1. The number of nitrogens with one attached hydrogen (secondary N) is 1. The van der Waals surface area contributed by atoms with Gasteiger partial charge in [0.15, 0.2) is 5.78 Å². The van der Waals surface area contributed by atoms with E-state index >= 15 is 0 Å². The summed E-state index contributed by atoms with van der Waals surface area (Å²) in [6.07, 6.45) is 4.72. The summed E-state index contributed by atoms with van der Waals surface area (Å²) in [6.45, 7) is 9.59. The second-order valence-corrected chi connectivity index (χ2v) is 6.27. The van der Waals surface area contributed by atoms with Gasteiger partial charge < -0.3 is 10.1 Å². The van der Waals surface area contributed by atoms with Crippen LogP contribution in [0.2, 0.25) is 0 Å². The van der Waals surface area contributed by atoms with E-state index in [2.05, 4.69) is 5.32 Å². The number of ketones is 1. The number of allylic oxidation sites excluding steroid dienone is 2. The lowest BCUT2D eigenvalue weighted by molar-refractivity contribution is -0.129. The van der Waals surface area contributed by atoms with Crippen molar-refractivity contribution in [1.29, 1.82) is 0 Å². The van der Waals surface area contributed by atoms with E-state index in [-0.39, 0.29) is 23.5 Å². The Bertz CT molecular complexity index is 563. The van der Waals surface area contributed by atoms with Crippen molar-refractivity contribution >= 4 is 11.7 Å². The predicted molar refractivity (Wildman–Crippen MR) is 97.0 cm³/mol. The van der Waals surface area contributed by atoms with Crippen molar-refractivity contribution in [2.45, 2.75) is 47.1 Å². The zero-order valence-electron chi connectivity index (χ0n) is 15.3. The van der Waals surface area contributed by atoms with Crippen molar-refractivity contribution in [3.63, 3.8) is 0 Å². The zero-order chi connectivity index (χ0) is 18.1. The molecular weight excluding hydrogens is 302 g/mol. The Morgan fingerprint density at radius 2 is 1.83 bits per heavy atom. The molecule has 0 spiro atoms. The average Bonchev–Trinajstić information content (AvgIpc) is 2.55. The SMILES string of the molecule is C/C=C/[C@@H](CCOc1ccc(C)cc1)[C@@H](C)C(=O)N[C@@H](C)C(C)=O. The molecule has 1 N–H and O–H groups in total. The molecule has 0 aliphatic rings. The summed E-state index contributed by atoms with van der Waals surface area (Å²) in [5.41, 5.74) is 1.19. The van der Waals surface area contributed by atoms with Gasteiger partial charge in [0.05, 0.1) is 12.6 Å². The monoisotopic (exact) mass is 331 g/mol. The highest BCUT2D eigenvalue weighted by atomic mass is 16.5. The Hall–Kier alpha value is -2.10. The van der Waals surface area contributed by atoms with E-state index in [9.17, 15) is 9.59 Å². The van der Waals surface area contributed by atoms with Crippen LogP contribution in [0.15, 0.2) is 36.4 Å². The molecule has 0 saturated carbocycles. The largest absolute Gasteiger partial charge is 0.494 e. The standard InChI is InChI=1S/C20H29NO3/c1-6-7-18(15(3)20(23)21-16(4)17(5)22)12-13-24-19-10-8-14(2)9-11-19/h6-11,15-16,18H,12-13H2,1-5H3,(H,21,23)/b7-6+/t15-,16+,18+/m1/s1. The minimum absolute atomic E-state index is 0.0409. The van der Waals surface area contributed by atoms with Crippen molar-refractivity contribution < 1.29 is 14.3 Å². The minimum Gasteiger partial charge on any atom is -0.494 e. The molecule has 0 fully saturated rings. The van der Waals surface area contributed by atoms with Crippen LogP contribution in [0.3, 0.4) is 0 Å². The summed E-state index contributed by atoms with van der Waals surface area (Å²) in [7, 11) is 0. The normalized spacial score (nSPS) is 14.9. The van der Waals surface area contributed by atoms with Gasteiger partial charge in [-0.3, -0.25) is 9.59 Å². The quantitative estimate of drug-likeness (QED) is 0.702. The number of carbonyl (C=O) groups excluding carboxylic acids is 2. The molecule has 0 aromatic heterocycles. The maximum atomic E-state index is 12.3. The number of amides is 1. The van der Waals surface area contributed by atoms with Crippen molar-refractivity contribution in [2.24, 2.45) is 11.8 Å². The Morgan fingerprint density at radius 1 is 1.21 bits per heavy atom. The van der Waals surface area contributed by atoms with Gasteiger partial charge in [-0.1, -0.05) is 36.8 Å². The topological polar surface area (TPSA) is 55.4 Å². The average molecular weight is 331 g/mol. The van der Waals surface area contributed by atoms with Crippen LogP contribution >= 0.6 is 0 Å². The number of aryl methyl sites for hydroxylation is 1. The van der Waals surface area contributed by atoms with Crippen LogP contribution in [0.5, 0.6) is 5.75 Å². The van der Waals surface area contributed by atoms with E-state index in [1.807, 2.05) is 57.2 Å². The summed E-state index contributed by atoms with van der Waals surface area (Å²) < 4.78 is 5.77. The molecule has 1 rings (SSSR count). The first-order valence-corrected chi connectivity index (χ1v) is 8.48. The lowest BCUT2D eigenvalue weighted by Gasteiger charge is -2.22. The molecule has 132 valence electrons. The van der Waals surface area contributed by atoms with Gasteiger partial charge in [-0.25, -0.2) is 0 Å². The number of carbonyl (C=O) groups is 2. The number of hydrogen-bond acceptors (Lipinski definition) is 3. The fourth-order valence-corrected chi connectivity index (χ4v) is 2.35. The predicted octanol–water partition coefficient (Wildman–Crippen LogP) is 3.69. The van der Waals surface area contributed by atoms with Crippen molar-refractivity contribution in [2.75, 3.05) is 6.61 Å². The first-order valence-electron chi connectivity index (χ1n) is 8.48. The molecule has 4 nitrogen and oxygen atoms in total. The second-order valence-electron chi connectivity index (χ2n) is 6.27. The highest BCUT2D eigenvalue weighted by molar-refractivity contribution is 5.88. The van der Waals surface area contributed by atoms with Crippen LogP contribution in [0, 0.1) is 18.8 Å². The van der Waals surface area contributed by atoms with Crippen LogP contribution in [0.25, 0.3) is 0 Å². The Kier molecular flexibility index (Phi) is 8.24. The summed E-state index contributed by atoms with van der Waals surface area (Å²) in [4.78, 5) is 23.6. The first-order chi connectivity index (χ1) is 11.3. The molecule has 0 aliphatic heterocycles. The molecule has 0 bridgehead atoms. The van der Waals surface area contributed by atoms with Crippen LogP contribution in [0.4, 0.5) is 0 Å². The molecule has 0 saturated heterocycles. The van der Waals surface area contributed by atoms with Crippen LogP contribution in [0.1, 0.15) is 39.7 Å². The molecule has 1 aromatic rings. The van der Waals surface area contributed by atoms with Gasteiger partial charge in [0.2, 0.25) is 5.91 Å². The summed E-state index contributed by atoms with van der Waals surface area (Å²) in [6, 6.07) is 7.47. The number of rotatable bonds is 9. The fraction of sp³-hybridized carbons (Fsp3) is 0.500. The molecule has 3 atom stereocenters. The molecular formula is C20H29NO3. The fourth-order valence-electron chi connectivity index (χ4n) is 2.35. The van der Waals surface area contributed by atoms with Crippen molar-refractivity contribution in [3.8, 4) is 5.75 Å². The van der Waals surface area contributed by atoms with Gasteiger partial charge in [-0.15, -0.1) is 0 Å². The maximum absolute atomic E-state index is 12.3. The van der Waals surface area contributed by atoms with Gasteiger partial charge in [0.1, 0.15) is 5.75 Å². The molecule has 0 aliphatic carbocycles. The third kappa shape index (κ3) is 6.57. The van der Waals surface area contributed by atoms with Gasteiger partial charge in [-0.05, 0) is 52.2 Å². The molecule has 0 radical (unpaired) electrons. The van der Waals surface area contributed by atoms with Gasteiger partial charge in [-0.2, -0.15) is 0 Å². The zero-order valence-corrected chi connectivity index (χ0v) is 15.3. The molecule has 4 heteroatoms. The van der Waals surface area contributed by atoms with Crippen LogP contribution in [-0.4, -0.2) is 24.3 Å². The van der Waals surface area contributed by atoms with Gasteiger partial charge >= 0.3 is 0 Å². The number of benzene rings is 1. The maximum Gasteiger partial charge on any atom is 0.223 e. The molecule has 24 heavy (non-hydrogen) atoms. The van der Waals surface area contributed by atoms with E-state index in [0.29, 0.717) is 6.61 Å². The Morgan fingerprint density at radius 3 is 2.38 bits per heavy atom. The number of Topliss-reactive ketones (excluding diaryl/α,β-unsaturated/α-hetero) is 1. The highest BCUT2D eigenvalue weighted by Crippen LogP contribution is 2.20. The van der Waals surface area contributed by atoms with E-state index in [4.69, 9.17) is 4.74 Å². The lowest BCUT2D eigenvalue weighted by atomic mass is 9.89. The van der Waals surface area contributed by atoms with Crippen LogP contribution < -0.4 is 10.1 Å². The smallest absolute Gasteiger partial charge is 0.223 e. The van der Waals surface area contributed by atoms with Crippen molar-refractivity contribution in [3.05, 3.63) is 42.0 Å². The Balaban J connectivity index is 2.57. The lowest BCUT2D eigenvalue weighted by Crippen LogP contribution is -2.42. The second kappa shape index (κ2) is 9.91. The molecule has 1 amide bonds. The highest BCUT2D eigenvalue weighted by Gasteiger charge is 2.24. The van der Waals surface area contributed by atoms with E-state index in [1.54, 1.807) is 6.92 Å². The number of hydrogen-bond donors (Lipinski definition) is 1. The Labute approximate surface area is 145 Å². The third-order valence-corrected chi connectivity index (χ3v) is 4.20. The van der Waals surface area contributed by atoms with E-state index in [0.717, 1.165) is 12.2 Å². The minimum atomic E-state index is -0.449. The van der Waals surface area contributed by atoms with E-state index < -0.39 is 6.04 Å².